The molecule has 1 rings (SSSR count). The number of carbonyl (C=O) groups is 3. The van der Waals surface area contributed by atoms with Crippen molar-refractivity contribution in [3.05, 3.63) is 29.8 Å². The maximum Gasteiger partial charge on any atom is 0.344 e. The van der Waals surface area contributed by atoms with E-state index in [2.05, 4.69) is 5.32 Å². The van der Waals surface area contributed by atoms with Gasteiger partial charge in [-0.3, -0.25) is 9.59 Å². The van der Waals surface area contributed by atoms with E-state index in [1.165, 1.54) is 7.11 Å². The number of rotatable bonds is 9. The third-order valence-corrected chi connectivity index (χ3v) is 2.86. The second kappa shape index (κ2) is 10.2. The molecule has 0 saturated carbocycles. The normalized spacial score (nSPS) is 9.83. The van der Waals surface area contributed by atoms with E-state index in [4.69, 9.17) is 14.2 Å². The Balaban J connectivity index is 2.26. The van der Waals surface area contributed by atoms with Gasteiger partial charge < -0.3 is 19.5 Å². The highest BCUT2D eigenvalue weighted by Crippen LogP contribution is 2.10. The van der Waals surface area contributed by atoms with Gasteiger partial charge in [0.15, 0.2) is 6.61 Å². The molecule has 7 nitrogen and oxygen atoms in total. The van der Waals surface area contributed by atoms with Gasteiger partial charge in [0.25, 0.3) is 5.91 Å². The van der Waals surface area contributed by atoms with Crippen LogP contribution in [0.4, 0.5) is 0 Å². The van der Waals surface area contributed by atoms with Gasteiger partial charge in [-0.05, 0) is 30.7 Å². The van der Waals surface area contributed by atoms with Gasteiger partial charge in [0, 0.05) is 5.56 Å². The van der Waals surface area contributed by atoms with Gasteiger partial charge in [-0.2, -0.15) is 0 Å². The van der Waals surface area contributed by atoms with Crippen molar-refractivity contribution < 1.29 is 28.6 Å². The lowest BCUT2D eigenvalue weighted by Crippen LogP contribution is -2.31. The summed E-state index contributed by atoms with van der Waals surface area (Å²) < 4.78 is 14.5. The third-order valence-electron chi connectivity index (χ3n) is 2.86. The summed E-state index contributed by atoms with van der Waals surface area (Å²) in [6.07, 6.45) is 1.67. The van der Waals surface area contributed by atoms with Crippen LogP contribution >= 0.6 is 0 Å². The molecule has 1 N–H and O–H groups in total. The summed E-state index contributed by atoms with van der Waals surface area (Å²) in [6, 6.07) is 6.42. The van der Waals surface area contributed by atoms with Crippen LogP contribution in [-0.2, 0) is 19.1 Å². The quantitative estimate of drug-likeness (QED) is 0.544. The van der Waals surface area contributed by atoms with Crippen molar-refractivity contribution in [3.8, 4) is 5.75 Å². The maximum absolute atomic E-state index is 11.8. The zero-order valence-corrected chi connectivity index (χ0v) is 13.3. The van der Waals surface area contributed by atoms with E-state index in [9.17, 15) is 14.4 Å². The molecule has 1 amide bonds. The number of carbonyl (C=O) groups excluding carboxylic acids is 3. The Labute approximate surface area is 134 Å². The van der Waals surface area contributed by atoms with E-state index in [1.54, 1.807) is 24.3 Å². The van der Waals surface area contributed by atoms with Crippen LogP contribution in [0.5, 0.6) is 5.75 Å². The molecule has 0 atom stereocenters. The van der Waals surface area contributed by atoms with Crippen molar-refractivity contribution in [2.75, 3.05) is 26.9 Å². The Morgan fingerprint density at radius 3 is 2.35 bits per heavy atom. The first-order valence-corrected chi connectivity index (χ1v) is 7.30. The molecule has 0 aromatic heterocycles. The summed E-state index contributed by atoms with van der Waals surface area (Å²) >= 11 is 0. The summed E-state index contributed by atoms with van der Waals surface area (Å²) in [7, 11) is 1.53. The van der Waals surface area contributed by atoms with Crippen molar-refractivity contribution in [2.45, 2.75) is 19.8 Å². The number of hydrogen-bond acceptors (Lipinski definition) is 6. The van der Waals surface area contributed by atoms with E-state index in [0.717, 1.165) is 12.8 Å². The molecule has 7 heteroatoms. The van der Waals surface area contributed by atoms with Gasteiger partial charge in [-0.25, -0.2) is 4.79 Å². The molecular formula is C16H21NO6. The van der Waals surface area contributed by atoms with Crippen LogP contribution < -0.4 is 10.1 Å². The highest BCUT2D eigenvalue weighted by molar-refractivity contribution is 5.96. The minimum absolute atomic E-state index is 0.307. The van der Waals surface area contributed by atoms with E-state index in [1.807, 2.05) is 6.92 Å². The van der Waals surface area contributed by atoms with Gasteiger partial charge in [0.05, 0.1) is 13.7 Å². The summed E-state index contributed by atoms with van der Waals surface area (Å²) in [5, 5.41) is 2.41. The molecule has 0 spiro atoms. The Hall–Kier alpha value is -2.57. The fourth-order valence-electron chi connectivity index (χ4n) is 1.56. The third kappa shape index (κ3) is 7.30. The Bertz CT molecular complexity index is 526. The number of ether oxygens (including phenoxy) is 3. The average molecular weight is 323 g/mol. The molecule has 1 aromatic rings. The highest BCUT2D eigenvalue weighted by Gasteiger charge is 2.11. The molecule has 0 heterocycles. The molecule has 0 aliphatic heterocycles. The van der Waals surface area contributed by atoms with Gasteiger partial charge in [0.2, 0.25) is 0 Å². The summed E-state index contributed by atoms with van der Waals surface area (Å²) in [4.78, 5) is 34.5. The van der Waals surface area contributed by atoms with Gasteiger partial charge in [-0.1, -0.05) is 13.3 Å². The van der Waals surface area contributed by atoms with Crippen molar-refractivity contribution in [2.24, 2.45) is 0 Å². The van der Waals surface area contributed by atoms with E-state index in [-0.39, 0.29) is 6.54 Å². The average Bonchev–Trinajstić information content (AvgIpc) is 2.58. The second-order valence-electron chi connectivity index (χ2n) is 4.65. The number of nitrogens with one attached hydrogen (secondary N) is 1. The number of amides is 1. The van der Waals surface area contributed by atoms with Crippen molar-refractivity contribution >= 4 is 17.8 Å². The predicted octanol–water partition coefficient (Wildman–Crippen LogP) is 1.31. The molecule has 0 aliphatic carbocycles. The highest BCUT2D eigenvalue weighted by atomic mass is 16.6. The first kappa shape index (κ1) is 18.5. The molecular weight excluding hydrogens is 302 g/mol. The summed E-state index contributed by atoms with van der Waals surface area (Å²) in [5.41, 5.74) is 0.387. The minimum atomic E-state index is -0.709. The van der Waals surface area contributed by atoms with E-state index >= 15 is 0 Å². The van der Waals surface area contributed by atoms with Crippen molar-refractivity contribution in [1.29, 1.82) is 0 Å². The first-order valence-electron chi connectivity index (χ1n) is 7.30. The molecule has 1 aromatic carbocycles. The van der Waals surface area contributed by atoms with Crippen LogP contribution in [-0.4, -0.2) is 44.7 Å². The van der Waals surface area contributed by atoms with Crippen molar-refractivity contribution in [1.82, 2.24) is 5.32 Å². The molecule has 0 fully saturated rings. The first-order chi connectivity index (χ1) is 11.1. The Morgan fingerprint density at radius 2 is 1.74 bits per heavy atom. The van der Waals surface area contributed by atoms with E-state index in [0.29, 0.717) is 17.9 Å². The lowest BCUT2D eigenvalue weighted by atomic mass is 10.2. The summed E-state index contributed by atoms with van der Waals surface area (Å²) in [6.45, 7) is 1.49. The zero-order chi connectivity index (χ0) is 17.1. The fraction of sp³-hybridized carbons (Fsp3) is 0.438. The SMILES string of the molecule is CCCCOC(=O)COC(=O)CNC(=O)c1ccc(OC)cc1. The van der Waals surface area contributed by atoms with Crippen LogP contribution in [0.25, 0.3) is 0 Å². The monoisotopic (exact) mass is 323 g/mol. The predicted molar refractivity (Wildman–Crippen MR) is 82.2 cm³/mol. The fourth-order valence-corrected chi connectivity index (χ4v) is 1.56. The van der Waals surface area contributed by atoms with Gasteiger partial charge in [-0.15, -0.1) is 0 Å². The number of methoxy groups -OCH3 is 1. The Morgan fingerprint density at radius 1 is 1.04 bits per heavy atom. The standard InChI is InChI=1S/C16H21NO6/c1-3-4-9-22-15(19)11-23-14(18)10-17-16(20)12-5-7-13(21-2)8-6-12/h5-8H,3-4,9-11H2,1-2H3,(H,17,20). The molecule has 0 aliphatic rings. The molecule has 23 heavy (non-hydrogen) atoms. The zero-order valence-electron chi connectivity index (χ0n) is 13.3. The molecule has 0 bridgehead atoms. The number of benzene rings is 1. The lowest BCUT2D eigenvalue weighted by Gasteiger charge is -2.07. The smallest absolute Gasteiger partial charge is 0.344 e. The molecule has 0 saturated heterocycles. The van der Waals surface area contributed by atoms with Crippen LogP contribution in [0.2, 0.25) is 0 Å². The second-order valence-corrected chi connectivity index (χ2v) is 4.65. The van der Waals surface area contributed by atoms with Gasteiger partial charge in [0.1, 0.15) is 12.3 Å². The molecule has 0 unspecified atom stereocenters. The van der Waals surface area contributed by atoms with Crippen LogP contribution in [0.15, 0.2) is 24.3 Å². The van der Waals surface area contributed by atoms with Crippen molar-refractivity contribution in [3.63, 3.8) is 0 Å². The van der Waals surface area contributed by atoms with Crippen LogP contribution in [0, 0.1) is 0 Å². The Kier molecular flexibility index (Phi) is 8.20. The molecule has 0 radical (unpaired) electrons. The number of hydrogen-bond donors (Lipinski definition) is 1. The minimum Gasteiger partial charge on any atom is -0.497 e. The van der Waals surface area contributed by atoms with Crippen LogP contribution in [0.3, 0.4) is 0 Å². The van der Waals surface area contributed by atoms with E-state index < -0.39 is 24.5 Å². The largest absolute Gasteiger partial charge is 0.497 e. The number of esters is 2. The summed E-state index contributed by atoms with van der Waals surface area (Å²) in [5.74, 6) is -1.11. The maximum atomic E-state index is 11.8. The van der Waals surface area contributed by atoms with Gasteiger partial charge >= 0.3 is 11.9 Å². The topological polar surface area (TPSA) is 90.9 Å². The number of unbranched alkanes of at least 4 members (excludes halogenated alkanes) is 1. The van der Waals surface area contributed by atoms with Crippen LogP contribution in [0.1, 0.15) is 30.1 Å². The molecule has 126 valence electrons. The lowest BCUT2D eigenvalue weighted by molar-refractivity contribution is -0.158.